The average Bonchev–Trinajstić information content (AvgIpc) is 3.47. The lowest BCUT2D eigenvalue weighted by atomic mass is 10.0. The number of ether oxygens (including phenoxy) is 3. The van der Waals surface area contributed by atoms with Crippen LogP contribution >= 0.6 is 0 Å². The molecule has 0 N–H and O–H groups in total. The van der Waals surface area contributed by atoms with Gasteiger partial charge in [0.05, 0.1) is 0 Å². The number of rotatable bonds is 66. The Morgan fingerprint density at radius 2 is 0.457 bits per heavy atom. The van der Waals surface area contributed by atoms with Crippen molar-refractivity contribution in [2.24, 2.45) is 0 Å². The highest BCUT2D eigenvalue weighted by Gasteiger charge is 2.19. The van der Waals surface area contributed by atoms with Gasteiger partial charge in [0.15, 0.2) is 6.10 Å². The molecule has 0 fully saturated rings. The van der Waals surface area contributed by atoms with Gasteiger partial charge in [-0.3, -0.25) is 14.4 Å². The summed E-state index contributed by atoms with van der Waals surface area (Å²) in [4.78, 5) is 38.4. The molecule has 0 saturated carbocycles. The molecule has 0 aliphatic carbocycles. The van der Waals surface area contributed by atoms with E-state index in [1.165, 1.54) is 263 Å². The van der Waals surface area contributed by atoms with Crippen molar-refractivity contribution in [1.29, 1.82) is 0 Å². The van der Waals surface area contributed by atoms with E-state index in [2.05, 4.69) is 81.5 Å². The van der Waals surface area contributed by atoms with Crippen molar-refractivity contribution in [3.8, 4) is 0 Å². The van der Waals surface area contributed by atoms with Crippen molar-refractivity contribution in [2.75, 3.05) is 13.2 Å². The predicted octanol–water partition coefficient (Wildman–Crippen LogP) is 24.7. The van der Waals surface area contributed by atoms with Gasteiger partial charge in [0.25, 0.3) is 0 Å². The van der Waals surface area contributed by atoms with Crippen LogP contribution in [0.5, 0.6) is 0 Å². The van der Waals surface area contributed by atoms with Crippen LogP contribution in [0.2, 0.25) is 0 Å². The minimum Gasteiger partial charge on any atom is -0.462 e. The largest absolute Gasteiger partial charge is 0.462 e. The second-order valence-electron chi connectivity index (χ2n) is 24.1. The summed E-state index contributed by atoms with van der Waals surface area (Å²) in [7, 11) is 0. The van der Waals surface area contributed by atoms with Crippen LogP contribution in [0.15, 0.2) is 60.8 Å². The molecular weight excluding hydrogens is 997 g/mol. The SMILES string of the molecule is CCCC/C=C\CCCCCCCC(=O)OCC(COC(=O)CCCCCCCCCCCCCCCCCCCCC/C=C\C/C=C\CCCCCCC)OC(=O)CCCCCCCCCCC/C=C\C/C=C\CCCCCCC. The summed E-state index contributed by atoms with van der Waals surface area (Å²) >= 11 is 0. The molecule has 0 aromatic carbocycles. The molecule has 6 nitrogen and oxygen atoms in total. The predicted molar refractivity (Wildman–Crippen MR) is 353 cm³/mol. The third-order valence-electron chi connectivity index (χ3n) is 16.0. The van der Waals surface area contributed by atoms with Crippen LogP contribution in [0.3, 0.4) is 0 Å². The van der Waals surface area contributed by atoms with E-state index in [1.54, 1.807) is 0 Å². The maximum Gasteiger partial charge on any atom is 0.306 e. The zero-order valence-electron chi connectivity index (χ0n) is 54.3. The van der Waals surface area contributed by atoms with Crippen LogP contribution in [0, 0.1) is 0 Å². The molecule has 1 unspecified atom stereocenters. The summed E-state index contributed by atoms with van der Waals surface area (Å²) < 4.78 is 17.0. The van der Waals surface area contributed by atoms with Gasteiger partial charge in [0, 0.05) is 19.3 Å². The Balaban J connectivity index is 4.15. The van der Waals surface area contributed by atoms with Crippen molar-refractivity contribution in [3.63, 3.8) is 0 Å². The van der Waals surface area contributed by atoms with E-state index in [0.717, 1.165) is 77.0 Å². The average molecular weight is 1130 g/mol. The monoisotopic (exact) mass is 1130 g/mol. The van der Waals surface area contributed by atoms with E-state index in [1.807, 2.05) is 0 Å². The molecule has 0 heterocycles. The lowest BCUT2D eigenvalue weighted by molar-refractivity contribution is -0.167. The molecule has 472 valence electrons. The maximum atomic E-state index is 12.9. The molecule has 0 radical (unpaired) electrons. The number of carbonyl (C=O) groups excluding carboxylic acids is 3. The standard InChI is InChI=1S/C75H136O6/c1-4-7-10-13-16-19-22-24-26-28-30-32-33-34-35-36-37-38-39-40-41-43-44-46-48-50-53-56-59-62-65-68-74(77)80-71-72(70-79-73(76)67-64-61-58-55-52-21-18-15-12-9-6-3)81-75(78)69-66-63-60-57-54-51-49-47-45-42-31-29-27-25-23-20-17-14-11-8-5-2/h15,18,22-25,28-31,72H,4-14,16-17,19-21,26-27,32-71H2,1-3H3/b18-15-,24-22-,25-23-,30-28-,31-29-. The molecule has 1 atom stereocenters. The van der Waals surface area contributed by atoms with Crippen molar-refractivity contribution in [2.45, 2.75) is 386 Å². The molecule has 0 spiro atoms. The van der Waals surface area contributed by atoms with Gasteiger partial charge in [0.2, 0.25) is 0 Å². The van der Waals surface area contributed by atoms with E-state index in [9.17, 15) is 14.4 Å². The Hall–Kier alpha value is -2.89. The number of hydrogen-bond donors (Lipinski definition) is 0. The summed E-state index contributed by atoms with van der Waals surface area (Å²) in [5.74, 6) is -0.868. The lowest BCUT2D eigenvalue weighted by Gasteiger charge is -2.18. The first-order valence-corrected chi connectivity index (χ1v) is 35.8. The molecular formula is C75H136O6. The zero-order chi connectivity index (χ0) is 58.5. The van der Waals surface area contributed by atoms with Crippen LogP contribution in [0.25, 0.3) is 0 Å². The second kappa shape index (κ2) is 69.6. The number of unbranched alkanes of at least 4 members (excludes halogenated alkanes) is 45. The molecule has 0 rings (SSSR count). The van der Waals surface area contributed by atoms with Gasteiger partial charge in [-0.15, -0.1) is 0 Å². The molecule has 0 aromatic rings. The highest BCUT2D eigenvalue weighted by Crippen LogP contribution is 2.18. The molecule has 0 saturated heterocycles. The van der Waals surface area contributed by atoms with E-state index in [-0.39, 0.29) is 31.1 Å². The van der Waals surface area contributed by atoms with Crippen molar-refractivity contribution >= 4 is 17.9 Å². The van der Waals surface area contributed by atoms with Crippen LogP contribution in [-0.2, 0) is 28.6 Å². The molecule has 6 heteroatoms. The van der Waals surface area contributed by atoms with Crippen LogP contribution in [0.1, 0.15) is 380 Å². The van der Waals surface area contributed by atoms with Gasteiger partial charge in [-0.05, 0) is 103 Å². The summed E-state index contributed by atoms with van der Waals surface area (Å²) in [6, 6.07) is 0. The molecule has 0 aliphatic heterocycles. The first-order chi connectivity index (χ1) is 40.0. The zero-order valence-corrected chi connectivity index (χ0v) is 54.3. The fraction of sp³-hybridized carbons (Fsp3) is 0.827. The Morgan fingerprint density at radius 1 is 0.247 bits per heavy atom. The minimum absolute atomic E-state index is 0.0749. The van der Waals surface area contributed by atoms with Crippen LogP contribution < -0.4 is 0 Å². The van der Waals surface area contributed by atoms with Crippen molar-refractivity contribution in [3.05, 3.63) is 60.8 Å². The fourth-order valence-electron chi connectivity index (χ4n) is 10.5. The highest BCUT2D eigenvalue weighted by atomic mass is 16.6. The maximum absolute atomic E-state index is 12.9. The van der Waals surface area contributed by atoms with Gasteiger partial charge in [0.1, 0.15) is 13.2 Å². The van der Waals surface area contributed by atoms with E-state index in [0.29, 0.717) is 19.3 Å². The van der Waals surface area contributed by atoms with Crippen LogP contribution in [0.4, 0.5) is 0 Å². The first-order valence-electron chi connectivity index (χ1n) is 35.8. The smallest absolute Gasteiger partial charge is 0.306 e. The third-order valence-corrected chi connectivity index (χ3v) is 16.0. The quantitative estimate of drug-likeness (QED) is 0.0261. The summed E-state index contributed by atoms with van der Waals surface area (Å²) in [5, 5.41) is 0. The Labute approximate surface area is 504 Å². The number of esters is 3. The van der Waals surface area contributed by atoms with Crippen molar-refractivity contribution in [1.82, 2.24) is 0 Å². The van der Waals surface area contributed by atoms with E-state index < -0.39 is 6.10 Å². The van der Waals surface area contributed by atoms with Crippen LogP contribution in [-0.4, -0.2) is 37.2 Å². The molecule has 81 heavy (non-hydrogen) atoms. The lowest BCUT2D eigenvalue weighted by Crippen LogP contribution is -2.30. The highest BCUT2D eigenvalue weighted by molar-refractivity contribution is 5.71. The van der Waals surface area contributed by atoms with E-state index in [4.69, 9.17) is 14.2 Å². The van der Waals surface area contributed by atoms with Gasteiger partial charge >= 0.3 is 17.9 Å². The topological polar surface area (TPSA) is 78.9 Å². The van der Waals surface area contributed by atoms with Crippen molar-refractivity contribution < 1.29 is 28.6 Å². The summed E-state index contributed by atoms with van der Waals surface area (Å²) in [6.45, 7) is 6.62. The molecule has 0 amide bonds. The van der Waals surface area contributed by atoms with E-state index >= 15 is 0 Å². The Bertz CT molecular complexity index is 1440. The number of carbonyl (C=O) groups is 3. The van der Waals surface area contributed by atoms with Gasteiger partial charge in [-0.1, -0.05) is 319 Å². The fourth-order valence-corrected chi connectivity index (χ4v) is 10.5. The number of hydrogen-bond acceptors (Lipinski definition) is 6. The minimum atomic E-state index is -0.779. The number of allylic oxidation sites excluding steroid dienone is 10. The molecule has 0 aliphatic rings. The Kier molecular flexibility index (Phi) is 67.1. The second-order valence-corrected chi connectivity index (χ2v) is 24.1. The third kappa shape index (κ3) is 67.8. The Morgan fingerprint density at radius 3 is 0.728 bits per heavy atom. The van der Waals surface area contributed by atoms with Gasteiger partial charge in [-0.25, -0.2) is 0 Å². The van der Waals surface area contributed by atoms with Gasteiger partial charge in [-0.2, -0.15) is 0 Å². The normalized spacial score (nSPS) is 12.4. The summed E-state index contributed by atoms with van der Waals surface area (Å²) in [5.41, 5.74) is 0. The summed E-state index contributed by atoms with van der Waals surface area (Å²) in [6.07, 6.45) is 89.8. The first kappa shape index (κ1) is 78.1. The van der Waals surface area contributed by atoms with Gasteiger partial charge < -0.3 is 14.2 Å². The molecule has 0 bridgehead atoms. The molecule has 0 aromatic heterocycles.